The maximum Gasteiger partial charge on any atom is 0.224 e. The number of amides is 1. The lowest BCUT2D eigenvalue weighted by atomic mass is 10.1. The molecule has 116 valence electrons. The van der Waals surface area contributed by atoms with Gasteiger partial charge in [0, 0.05) is 23.6 Å². The largest absolute Gasteiger partial charge is 0.391 e. The van der Waals surface area contributed by atoms with Crippen LogP contribution < -0.4 is 5.32 Å². The summed E-state index contributed by atoms with van der Waals surface area (Å²) in [7, 11) is 0. The number of halogens is 2. The van der Waals surface area contributed by atoms with E-state index in [9.17, 15) is 14.3 Å². The highest BCUT2D eigenvalue weighted by atomic mass is 35.5. The third-order valence-corrected chi connectivity index (χ3v) is 3.60. The van der Waals surface area contributed by atoms with Crippen LogP contribution >= 0.6 is 11.6 Å². The smallest absolute Gasteiger partial charge is 0.224 e. The van der Waals surface area contributed by atoms with Crippen molar-refractivity contribution in [3.63, 3.8) is 0 Å². The van der Waals surface area contributed by atoms with E-state index in [1.807, 2.05) is 30.3 Å². The molecule has 5 heteroatoms. The molecule has 0 aliphatic rings. The minimum atomic E-state index is -0.692. The zero-order chi connectivity index (χ0) is 15.9. The van der Waals surface area contributed by atoms with Crippen LogP contribution in [-0.2, 0) is 17.6 Å². The van der Waals surface area contributed by atoms with E-state index in [2.05, 4.69) is 5.32 Å². The summed E-state index contributed by atoms with van der Waals surface area (Å²) in [5.41, 5.74) is 1.15. The molecule has 0 saturated heterocycles. The Morgan fingerprint density at radius 3 is 2.59 bits per heavy atom. The molecule has 2 rings (SSSR count). The van der Waals surface area contributed by atoms with Gasteiger partial charge < -0.3 is 10.4 Å². The van der Waals surface area contributed by atoms with Crippen molar-refractivity contribution in [2.45, 2.75) is 18.9 Å². The zero-order valence-electron chi connectivity index (χ0n) is 11.9. The lowest BCUT2D eigenvalue weighted by molar-refractivity contribution is -0.120. The second kappa shape index (κ2) is 7.92. The number of aliphatic hydroxyl groups is 1. The molecule has 22 heavy (non-hydrogen) atoms. The Morgan fingerprint density at radius 2 is 1.91 bits per heavy atom. The topological polar surface area (TPSA) is 49.3 Å². The van der Waals surface area contributed by atoms with E-state index >= 15 is 0 Å². The van der Waals surface area contributed by atoms with Crippen molar-refractivity contribution in [2.24, 2.45) is 0 Å². The molecular weight excluding hydrogens is 305 g/mol. The van der Waals surface area contributed by atoms with Crippen molar-refractivity contribution in [3.05, 3.63) is 70.5 Å². The Kier molecular flexibility index (Phi) is 5.92. The standard InChI is InChI=1S/C17H17ClFNO2/c18-15-7-4-8-16(19)14(15)10-17(22)20-11-13(21)9-12-5-2-1-3-6-12/h1-8,13,21H,9-11H2,(H,20,22)/t13-/m1/s1. The molecule has 0 spiro atoms. The maximum atomic E-state index is 13.6. The summed E-state index contributed by atoms with van der Waals surface area (Å²) in [5, 5.41) is 12.7. The van der Waals surface area contributed by atoms with Gasteiger partial charge in [0.15, 0.2) is 0 Å². The fraction of sp³-hybridized carbons (Fsp3) is 0.235. The Bertz CT molecular complexity index is 614. The number of carbonyl (C=O) groups is 1. The summed E-state index contributed by atoms with van der Waals surface area (Å²) in [6.45, 7) is 0.111. The summed E-state index contributed by atoms with van der Waals surface area (Å²) in [5.74, 6) is -0.883. The highest BCUT2D eigenvalue weighted by molar-refractivity contribution is 6.31. The number of carbonyl (C=O) groups excluding carboxylic acids is 1. The van der Waals surface area contributed by atoms with E-state index in [1.54, 1.807) is 0 Å². The minimum absolute atomic E-state index is 0.111. The molecular formula is C17H17ClFNO2. The zero-order valence-corrected chi connectivity index (χ0v) is 12.7. The van der Waals surface area contributed by atoms with Gasteiger partial charge in [0.2, 0.25) is 5.91 Å². The average molecular weight is 322 g/mol. The molecule has 2 N–H and O–H groups in total. The van der Waals surface area contributed by atoms with Crippen molar-refractivity contribution >= 4 is 17.5 Å². The van der Waals surface area contributed by atoms with E-state index in [0.29, 0.717) is 6.42 Å². The second-order valence-corrected chi connectivity index (χ2v) is 5.43. The van der Waals surface area contributed by atoms with E-state index < -0.39 is 11.9 Å². The van der Waals surface area contributed by atoms with E-state index in [4.69, 9.17) is 11.6 Å². The second-order valence-electron chi connectivity index (χ2n) is 5.02. The predicted molar refractivity (Wildman–Crippen MR) is 84.3 cm³/mol. The Balaban J connectivity index is 1.83. The SMILES string of the molecule is O=C(Cc1c(F)cccc1Cl)NC[C@H](O)Cc1ccccc1. The van der Waals surface area contributed by atoms with E-state index in [0.717, 1.165) is 5.56 Å². The van der Waals surface area contributed by atoms with Gasteiger partial charge in [-0.05, 0) is 17.7 Å². The molecule has 3 nitrogen and oxygen atoms in total. The molecule has 0 bridgehead atoms. The van der Waals surface area contributed by atoms with Crippen molar-refractivity contribution in [1.82, 2.24) is 5.32 Å². The molecule has 0 heterocycles. The lowest BCUT2D eigenvalue weighted by Crippen LogP contribution is -2.34. The first kappa shape index (κ1) is 16.5. The summed E-state index contributed by atoms with van der Waals surface area (Å²) in [4.78, 5) is 11.8. The minimum Gasteiger partial charge on any atom is -0.391 e. The summed E-state index contributed by atoms with van der Waals surface area (Å²) in [6.07, 6.45) is -0.395. The van der Waals surface area contributed by atoms with Gasteiger partial charge in [-0.3, -0.25) is 4.79 Å². The fourth-order valence-corrected chi connectivity index (χ4v) is 2.34. The van der Waals surface area contributed by atoms with Gasteiger partial charge in [-0.1, -0.05) is 48.0 Å². The number of aliphatic hydroxyl groups excluding tert-OH is 1. The molecule has 0 radical (unpaired) electrons. The normalized spacial score (nSPS) is 12.0. The van der Waals surface area contributed by atoms with Crippen molar-refractivity contribution in [2.75, 3.05) is 6.54 Å². The fourth-order valence-electron chi connectivity index (χ4n) is 2.11. The van der Waals surface area contributed by atoms with Crippen LogP contribution in [0.1, 0.15) is 11.1 Å². The molecule has 2 aromatic carbocycles. The van der Waals surface area contributed by atoms with Gasteiger partial charge in [-0.25, -0.2) is 4.39 Å². The van der Waals surface area contributed by atoms with Crippen LogP contribution in [0.4, 0.5) is 4.39 Å². The Labute approximate surface area is 133 Å². The van der Waals surface area contributed by atoms with Gasteiger partial charge in [0.25, 0.3) is 0 Å². The van der Waals surface area contributed by atoms with E-state index in [-0.39, 0.29) is 29.5 Å². The van der Waals surface area contributed by atoms with Crippen LogP contribution in [0.3, 0.4) is 0 Å². The predicted octanol–water partition coefficient (Wildman–Crippen LogP) is 2.74. The molecule has 0 aromatic heterocycles. The third kappa shape index (κ3) is 4.83. The molecule has 0 aliphatic heterocycles. The van der Waals surface area contributed by atoms with Crippen LogP contribution in [0.25, 0.3) is 0 Å². The first-order valence-electron chi connectivity index (χ1n) is 6.98. The van der Waals surface area contributed by atoms with Crippen LogP contribution in [0.15, 0.2) is 48.5 Å². The monoisotopic (exact) mass is 321 g/mol. The van der Waals surface area contributed by atoms with Gasteiger partial charge in [0.1, 0.15) is 5.82 Å². The van der Waals surface area contributed by atoms with Gasteiger partial charge in [-0.2, -0.15) is 0 Å². The number of nitrogens with one attached hydrogen (secondary N) is 1. The molecule has 1 atom stereocenters. The van der Waals surface area contributed by atoms with Crippen molar-refractivity contribution < 1.29 is 14.3 Å². The molecule has 0 aliphatic carbocycles. The van der Waals surface area contributed by atoms with Crippen LogP contribution in [0, 0.1) is 5.82 Å². The first-order chi connectivity index (χ1) is 10.6. The number of benzene rings is 2. The van der Waals surface area contributed by atoms with Gasteiger partial charge in [0.05, 0.1) is 12.5 Å². The molecule has 0 fully saturated rings. The van der Waals surface area contributed by atoms with Crippen molar-refractivity contribution in [1.29, 1.82) is 0 Å². The van der Waals surface area contributed by atoms with Crippen LogP contribution in [-0.4, -0.2) is 23.7 Å². The van der Waals surface area contributed by atoms with Crippen molar-refractivity contribution in [3.8, 4) is 0 Å². The van der Waals surface area contributed by atoms with Crippen LogP contribution in [0.2, 0.25) is 5.02 Å². The first-order valence-corrected chi connectivity index (χ1v) is 7.35. The molecule has 1 amide bonds. The average Bonchev–Trinajstić information content (AvgIpc) is 2.50. The maximum absolute atomic E-state index is 13.6. The highest BCUT2D eigenvalue weighted by Gasteiger charge is 2.13. The third-order valence-electron chi connectivity index (χ3n) is 3.25. The van der Waals surface area contributed by atoms with Gasteiger partial charge >= 0.3 is 0 Å². The van der Waals surface area contributed by atoms with Crippen LogP contribution in [0.5, 0.6) is 0 Å². The molecule has 2 aromatic rings. The molecule has 0 unspecified atom stereocenters. The Morgan fingerprint density at radius 1 is 1.18 bits per heavy atom. The lowest BCUT2D eigenvalue weighted by Gasteiger charge is -2.12. The highest BCUT2D eigenvalue weighted by Crippen LogP contribution is 2.19. The number of hydrogen-bond donors (Lipinski definition) is 2. The summed E-state index contributed by atoms with van der Waals surface area (Å²) < 4.78 is 13.6. The van der Waals surface area contributed by atoms with Gasteiger partial charge in [-0.15, -0.1) is 0 Å². The quantitative estimate of drug-likeness (QED) is 0.859. The Hall–Kier alpha value is -1.91. The molecule has 0 saturated carbocycles. The summed E-state index contributed by atoms with van der Waals surface area (Å²) in [6, 6.07) is 13.8. The number of hydrogen-bond acceptors (Lipinski definition) is 2. The summed E-state index contributed by atoms with van der Waals surface area (Å²) >= 11 is 5.87. The number of rotatable bonds is 6. The van der Waals surface area contributed by atoms with E-state index in [1.165, 1.54) is 18.2 Å².